The lowest BCUT2D eigenvalue weighted by molar-refractivity contribution is 0.391. The Kier molecular flexibility index (Phi) is 6.51. The summed E-state index contributed by atoms with van der Waals surface area (Å²) in [5.41, 5.74) is 5.46. The summed E-state index contributed by atoms with van der Waals surface area (Å²) in [6, 6.07) is 0. The van der Waals surface area contributed by atoms with Gasteiger partial charge in [0.25, 0.3) is 0 Å². The molecule has 0 aromatic rings. The second kappa shape index (κ2) is 6.58. The molecule has 0 heterocycles. The smallest absolute Gasteiger partial charge is 0.0101 e. The molecule has 3 nitrogen and oxygen atoms in total. The van der Waals surface area contributed by atoms with Gasteiger partial charge in [0.15, 0.2) is 0 Å². The highest BCUT2D eigenvalue weighted by Gasteiger charge is 1.96. The zero-order chi connectivity index (χ0) is 8.69. The van der Waals surface area contributed by atoms with Gasteiger partial charge in [-0.3, -0.25) is 0 Å². The maximum absolute atomic E-state index is 5.46. The SMILES string of the molecule is CC(CN)CNCCN(C)C. The molecule has 11 heavy (non-hydrogen) atoms. The van der Waals surface area contributed by atoms with Crippen LogP contribution in [0.5, 0.6) is 0 Å². The maximum Gasteiger partial charge on any atom is 0.0101 e. The fourth-order valence-corrected chi connectivity index (χ4v) is 0.734. The topological polar surface area (TPSA) is 41.3 Å². The van der Waals surface area contributed by atoms with Gasteiger partial charge in [-0.15, -0.1) is 0 Å². The first-order chi connectivity index (χ1) is 5.16. The van der Waals surface area contributed by atoms with Crippen LogP contribution < -0.4 is 11.1 Å². The van der Waals surface area contributed by atoms with Crippen LogP contribution in [0.1, 0.15) is 6.92 Å². The van der Waals surface area contributed by atoms with Crippen molar-refractivity contribution in [3.8, 4) is 0 Å². The van der Waals surface area contributed by atoms with E-state index in [-0.39, 0.29) is 0 Å². The zero-order valence-electron chi connectivity index (χ0n) is 7.93. The van der Waals surface area contributed by atoms with E-state index in [0.717, 1.165) is 26.2 Å². The van der Waals surface area contributed by atoms with Crippen molar-refractivity contribution in [3.63, 3.8) is 0 Å². The lowest BCUT2D eigenvalue weighted by atomic mass is 10.2. The Morgan fingerprint density at radius 2 is 2.09 bits per heavy atom. The molecular weight excluding hydrogens is 138 g/mol. The molecule has 0 spiro atoms. The predicted octanol–water partition coefficient (Wildman–Crippen LogP) is -0.268. The first kappa shape index (κ1) is 10.9. The van der Waals surface area contributed by atoms with Crippen molar-refractivity contribution in [2.24, 2.45) is 11.7 Å². The molecule has 3 N–H and O–H groups in total. The van der Waals surface area contributed by atoms with Gasteiger partial charge < -0.3 is 16.0 Å². The van der Waals surface area contributed by atoms with Crippen LogP contribution in [0.15, 0.2) is 0 Å². The Bertz CT molecular complexity index is 83.4. The van der Waals surface area contributed by atoms with Crippen molar-refractivity contribution in [1.29, 1.82) is 0 Å². The molecule has 0 saturated heterocycles. The van der Waals surface area contributed by atoms with E-state index >= 15 is 0 Å². The molecule has 0 rings (SSSR count). The van der Waals surface area contributed by atoms with Crippen LogP contribution in [0.2, 0.25) is 0 Å². The quantitative estimate of drug-likeness (QED) is 0.524. The van der Waals surface area contributed by atoms with E-state index in [2.05, 4.69) is 31.2 Å². The molecule has 68 valence electrons. The Morgan fingerprint density at radius 1 is 1.45 bits per heavy atom. The highest BCUT2D eigenvalue weighted by atomic mass is 15.1. The van der Waals surface area contributed by atoms with Crippen LogP contribution >= 0.6 is 0 Å². The predicted molar refractivity (Wildman–Crippen MR) is 49.6 cm³/mol. The fraction of sp³-hybridized carbons (Fsp3) is 1.00. The third-order valence-corrected chi connectivity index (χ3v) is 1.63. The number of nitrogens with one attached hydrogen (secondary N) is 1. The highest BCUT2D eigenvalue weighted by Crippen LogP contribution is 1.85. The standard InChI is InChI=1S/C8H21N3/c1-8(6-9)7-10-4-5-11(2)3/h8,10H,4-7,9H2,1-3H3. The summed E-state index contributed by atoms with van der Waals surface area (Å²) < 4.78 is 0. The van der Waals surface area contributed by atoms with E-state index in [9.17, 15) is 0 Å². The van der Waals surface area contributed by atoms with Crippen LogP contribution in [0.4, 0.5) is 0 Å². The van der Waals surface area contributed by atoms with Crippen molar-refractivity contribution >= 4 is 0 Å². The summed E-state index contributed by atoms with van der Waals surface area (Å²) in [5.74, 6) is 0.595. The molecular formula is C8H21N3. The van der Waals surface area contributed by atoms with Gasteiger partial charge in [-0.25, -0.2) is 0 Å². The van der Waals surface area contributed by atoms with Gasteiger partial charge in [0, 0.05) is 13.1 Å². The Morgan fingerprint density at radius 3 is 2.55 bits per heavy atom. The van der Waals surface area contributed by atoms with E-state index in [1.54, 1.807) is 0 Å². The molecule has 0 amide bonds. The number of nitrogens with two attached hydrogens (primary N) is 1. The Hall–Kier alpha value is -0.120. The molecule has 0 bridgehead atoms. The minimum Gasteiger partial charge on any atom is -0.330 e. The van der Waals surface area contributed by atoms with Crippen LogP contribution in [0.25, 0.3) is 0 Å². The van der Waals surface area contributed by atoms with Gasteiger partial charge >= 0.3 is 0 Å². The number of likely N-dealkylation sites (N-methyl/N-ethyl adjacent to an activating group) is 1. The first-order valence-electron chi connectivity index (χ1n) is 4.22. The van der Waals surface area contributed by atoms with E-state index < -0.39 is 0 Å². The van der Waals surface area contributed by atoms with E-state index in [1.807, 2.05) is 0 Å². The third-order valence-electron chi connectivity index (χ3n) is 1.63. The minimum atomic E-state index is 0.595. The van der Waals surface area contributed by atoms with Crippen molar-refractivity contribution in [3.05, 3.63) is 0 Å². The van der Waals surface area contributed by atoms with Crippen molar-refractivity contribution < 1.29 is 0 Å². The maximum atomic E-state index is 5.46. The normalized spacial score (nSPS) is 13.9. The van der Waals surface area contributed by atoms with Gasteiger partial charge in [-0.2, -0.15) is 0 Å². The molecule has 0 aliphatic rings. The zero-order valence-corrected chi connectivity index (χ0v) is 7.93. The fourth-order valence-electron chi connectivity index (χ4n) is 0.734. The molecule has 1 atom stereocenters. The van der Waals surface area contributed by atoms with Crippen LogP contribution in [-0.2, 0) is 0 Å². The molecule has 3 heteroatoms. The number of nitrogens with zero attached hydrogens (tertiary/aromatic N) is 1. The molecule has 0 aliphatic carbocycles. The highest BCUT2D eigenvalue weighted by molar-refractivity contribution is 4.57. The lowest BCUT2D eigenvalue weighted by Gasteiger charge is -2.12. The first-order valence-corrected chi connectivity index (χ1v) is 4.22. The largest absolute Gasteiger partial charge is 0.330 e. The monoisotopic (exact) mass is 159 g/mol. The van der Waals surface area contributed by atoms with Crippen LogP contribution in [-0.4, -0.2) is 45.2 Å². The molecule has 1 unspecified atom stereocenters. The van der Waals surface area contributed by atoms with Gasteiger partial charge in [0.05, 0.1) is 0 Å². The molecule has 0 aromatic carbocycles. The average Bonchev–Trinajstić information content (AvgIpc) is 1.97. The molecule has 0 aromatic heterocycles. The van der Waals surface area contributed by atoms with E-state index in [4.69, 9.17) is 5.73 Å². The van der Waals surface area contributed by atoms with E-state index in [0.29, 0.717) is 5.92 Å². The molecule has 0 saturated carbocycles. The second-order valence-electron chi connectivity index (χ2n) is 3.35. The van der Waals surface area contributed by atoms with Crippen molar-refractivity contribution in [1.82, 2.24) is 10.2 Å². The van der Waals surface area contributed by atoms with E-state index in [1.165, 1.54) is 0 Å². The average molecular weight is 159 g/mol. The summed E-state index contributed by atoms with van der Waals surface area (Å²) in [6.07, 6.45) is 0. The molecule has 0 radical (unpaired) electrons. The Balaban J connectivity index is 3.01. The summed E-state index contributed by atoms with van der Waals surface area (Å²) in [5, 5.41) is 3.35. The summed E-state index contributed by atoms with van der Waals surface area (Å²) >= 11 is 0. The lowest BCUT2D eigenvalue weighted by Crippen LogP contribution is -2.31. The number of rotatable bonds is 6. The van der Waals surface area contributed by atoms with Gasteiger partial charge in [-0.1, -0.05) is 6.92 Å². The van der Waals surface area contributed by atoms with Gasteiger partial charge in [0.2, 0.25) is 0 Å². The second-order valence-corrected chi connectivity index (χ2v) is 3.35. The molecule has 0 fully saturated rings. The third kappa shape index (κ3) is 7.78. The van der Waals surface area contributed by atoms with Crippen LogP contribution in [0, 0.1) is 5.92 Å². The van der Waals surface area contributed by atoms with Gasteiger partial charge in [0.1, 0.15) is 0 Å². The molecule has 0 aliphatic heterocycles. The minimum absolute atomic E-state index is 0.595. The van der Waals surface area contributed by atoms with Crippen molar-refractivity contribution in [2.45, 2.75) is 6.92 Å². The summed E-state index contributed by atoms with van der Waals surface area (Å²) in [6.45, 7) is 6.11. The van der Waals surface area contributed by atoms with Crippen LogP contribution in [0.3, 0.4) is 0 Å². The summed E-state index contributed by atoms with van der Waals surface area (Å²) in [7, 11) is 4.15. The van der Waals surface area contributed by atoms with Gasteiger partial charge in [-0.05, 0) is 33.1 Å². The summed E-state index contributed by atoms with van der Waals surface area (Å²) in [4.78, 5) is 2.17. The number of hydrogen-bond donors (Lipinski definition) is 2. The van der Waals surface area contributed by atoms with Crippen molar-refractivity contribution in [2.75, 3.05) is 40.3 Å². The Labute approximate surface area is 69.9 Å². The number of hydrogen-bond acceptors (Lipinski definition) is 3.